The Bertz CT molecular complexity index is 470. The van der Waals surface area contributed by atoms with E-state index in [0.29, 0.717) is 4.83 Å². The zero-order valence-electron chi connectivity index (χ0n) is 10.3. The molecule has 0 bridgehead atoms. The molecule has 0 N–H and O–H groups in total. The van der Waals surface area contributed by atoms with E-state index < -0.39 is 0 Å². The molecule has 0 aromatic heterocycles. The Morgan fingerprint density at radius 1 is 1.06 bits per heavy atom. The average Bonchev–Trinajstić information content (AvgIpc) is 2.37. The van der Waals surface area contributed by atoms with Crippen LogP contribution in [-0.2, 0) is 6.42 Å². The van der Waals surface area contributed by atoms with E-state index in [0.717, 1.165) is 6.42 Å². The van der Waals surface area contributed by atoms with Crippen LogP contribution in [0.25, 0.3) is 10.8 Å². The summed E-state index contributed by atoms with van der Waals surface area (Å²) in [6, 6.07) is 15.3. The van der Waals surface area contributed by atoms with E-state index in [4.69, 9.17) is 0 Å². The maximum Gasteiger partial charge on any atom is 0.0186 e. The van der Waals surface area contributed by atoms with Gasteiger partial charge in [-0.2, -0.15) is 0 Å². The monoisotopic (exact) mass is 290 g/mol. The standard InChI is InChI=1S/C16H19Br/c1-2-3-10-15(17)12-14-9-6-8-13-7-4-5-11-16(13)14/h4-9,11,15H,2-3,10,12H2,1H3. The Kier molecular flexibility index (Phi) is 4.61. The molecule has 2 rings (SSSR count). The normalized spacial score (nSPS) is 12.8. The van der Waals surface area contributed by atoms with Crippen LogP contribution >= 0.6 is 15.9 Å². The zero-order valence-corrected chi connectivity index (χ0v) is 11.9. The number of rotatable bonds is 5. The van der Waals surface area contributed by atoms with Crippen LogP contribution in [0, 0.1) is 0 Å². The fourth-order valence-corrected chi connectivity index (χ4v) is 2.91. The van der Waals surface area contributed by atoms with Crippen molar-refractivity contribution < 1.29 is 0 Å². The van der Waals surface area contributed by atoms with Gasteiger partial charge >= 0.3 is 0 Å². The SMILES string of the molecule is CCCCC(Br)Cc1cccc2ccccc12. The van der Waals surface area contributed by atoms with Crippen LogP contribution in [0.2, 0.25) is 0 Å². The van der Waals surface area contributed by atoms with E-state index in [1.807, 2.05) is 0 Å². The lowest BCUT2D eigenvalue weighted by molar-refractivity contribution is 0.689. The maximum absolute atomic E-state index is 3.80. The highest BCUT2D eigenvalue weighted by molar-refractivity contribution is 9.09. The third-order valence-electron chi connectivity index (χ3n) is 3.19. The van der Waals surface area contributed by atoms with Gasteiger partial charge in [0.25, 0.3) is 0 Å². The van der Waals surface area contributed by atoms with Gasteiger partial charge in [-0.3, -0.25) is 0 Å². The molecule has 2 aromatic carbocycles. The van der Waals surface area contributed by atoms with E-state index >= 15 is 0 Å². The molecule has 1 atom stereocenters. The van der Waals surface area contributed by atoms with E-state index in [9.17, 15) is 0 Å². The molecule has 0 fully saturated rings. The highest BCUT2D eigenvalue weighted by Crippen LogP contribution is 2.23. The average molecular weight is 291 g/mol. The Morgan fingerprint density at radius 2 is 1.82 bits per heavy atom. The molecule has 1 unspecified atom stereocenters. The molecule has 0 aliphatic carbocycles. The van der Waals surface area contributed by atoms with Crippen molar-refractivity contribution >= 4 is 26.7 Å². The van der Waals surface area contributed by atoms with Crippen LogP contribution in [0.4, 0.5) is 0 Å². The van der Waals surface area contributed by atoms with Gasteiger partial charge in [-0.15, -0.1) is 0 Å². The van der Waals surface area contributed by atoms with E-state index in [1.165, 1.54) is 35.6 Å². The van der Waals surface area contributed by atoms with Crippen LogP contribution in [0.1, 0.15) is 31.7 Å². The van der Waals surface area contributed by atoms with Crippen molar-refractivity contribution in [3.05, 3.63) is 48.0 Å². The van der Waals surface area contributed by atoms with Gasteiger partial charge in [-0.1, -0.05) is 78.2 Å². The van der Waals surface area contributed by atoms with E-state index in [-0.39, 0.29) is 0 Å². The van der Waals surface area contributed by atoms with Gasteiger partial charge in [0, 0.05) is 4.83 Å². The first-order valence-electron chi connectivity index (χ1n) is 6.42. The number of fused-ring (bicyclic) bond motifs is 1. The van der Waals surface area contributed by atoms with Gasteiger partial charge < -0.3 is 0 Å². The number of hydrogen-bond donors (Lipinski definition) is 0. The lowest BCUT2D eigenvalue weighted by Crippen LogP contribution is -2.02. The molecule has 0 saturated carbocycles. The molecule has 0 heterocycles. The van der Waals surface area contributed by atoms with Crippen molar-refractivity contribution in [2.45, 2.75) is 37.4 Å². The van der Waals surface area contributed by atoms with Crippen molar-refractivity contribution in [1.29, 1.82) is 0 Å². The molecule has 0 saturated heterocycles. The van der Waals surface area contributed by atoms with Crippen molar-refractivity contribution in [1.82, 2.24) is 0 Å². The Labute approximate surface area is 112 Å². The molecule has 0 amide bonds. The third-order valence-corrected chi connectivity index (χ3v) is 3.97. The Hall–Kier alpha value is -0.820. The fourth-order valence-electron chi connectivity index (χ4n) is 2.24. The van der Waals surface area contributed by atoms with Gasteiger partial charge in [0.2, 0.25) is 0 Å². The lowest BCUT2D eigenvalue weighted by atomic mass is 9.99. The highest BCUT2D eigenvalue weighted by atomic mass is 79.9. The van der Waals surface area contributed by atoms with E-state index in [1.54, 1.807) is 0 Å². The molecule has 0 aliphatic rings. The van der Waals surface area contributed by atoms with Crippen LogP contribution < -0.4 is 0 Å². The predicted molar refractivity (Wildman–Crippen MR) is 79.9 cm³/mol. The molecule has 0 radical (unpaired) electrons. The second-order valence-corrected chi connectivity index (χ2v) is 5.88. The number of hydrogen-bond acceptors (Lipinski definition) is 0. The van der Waals surface area contributed by atoms with E-state index in [2.05, 4.69) is 65.3 Å². The smallest absolute Gasteiger partial charge is 0.0186 e. The minimum Gasteiger partial charge on any atom is -0.0887 e. The number of halogens is 1. The Balaban J connectivity index is 2.18. The summed E-state index contributed by atoms with van der Waals surface area (Å²) in [5.41, 5.74) is 1.46. The third kappa shape index (κ3) is 3.32. The molecule has 0 aliphatic heterocycles. The summed E-state index contributed by atoms with van der Waals surface area (Å²) in [6.07, 6.45) is 4.97. The zero-order chi connectivity index (χ0) is 12.1. The first kappa shape index (κ1) is 12.6. The van der Waals surface area contributed by atoms with Gasteiger partial charge in [-0.25, -0.2) is 0 Å². The number of alkyl halides is 1. The quantitative estimate of drug-likeness (QED) is 0.653. The van der Waals surface area contributed by atoms with Crippen molar-refractivity contribution in [2.24, 2.45) is 0 Å². The van der Waals surface area contributed by atoms with Gasteiger partial charge in [0.15, 0.2) is 0 Å². The second kappa shape index (κ2) is 6.20. The molecular formula is C16H19Br. The van der Waals surface area contributed by atoms with Crippen molar-refractivity contribution in [3.8, 4) is 0 Å². The minimum absolute atomic E-state index is 0.605. The van der Waals surface area contributed by atoms with Crippen LogP contribution in [-0.4, -0.2) is 4.83 Å². The minimum atomic E-state index is 0.605. The van der Waals surface area contributed by atoms with Gasteiger partial charge in [0.05, 0.1) is 0 Å². The molecule has 17 heavy (non-hydrogen) atoms. The van der Waals surface area contributed by atoms with Crippen molar-refractivity contribution in [3.63, 3.8) is 0 Å². The molecule has 0 spiro atoms. The molecule has 2 aromatic rings. The molecular weight excluding hydrogens is 272 g/mol. The summed E-state index contributed by atoms with van der Waals surface area (Å²) in [5, 5.41) is 2.75. The molecule has 90 valence electrons. The predicted octanol–water partition coefficient (Wildman–Crippen LogP) is 5.34. The van der Waals surface area contributed by atoms with Crippen LogP contribution in [0.5, 0.6) is 0 Å². The summed E-state index contributed by atoms with van der Waals surface area (Å²) in [6.45, 7) is 2.25. The van der Waals surface area contributed by atoms with Gasteiger partial charge in [0.1, 0.15) is 0 Å². The number of unbranched alkanes of at least 4 members (excludes halogenated alkanes) is 1. The summed E-state index contributed by atoms with van der Waals surface area (Å²) in [4.78, 5) is 0.605. The second-order valence-electron chi connectivity index (χ2n) is 4.58. The summed E-state index contributed by atoms with van der Waals surface area (Å²) in [5.74, 6) is 0. The first-order chi connectivity index (χ1) is 8.31. The molecule has 1 heteroatoms. The molecule has 0 nitrogen and oxygen atoms in total. The van der Waals surface area contributed by atoms with Gasteiger partial charge in [-0.05, 0) is 29.2 Å². The van der Waals surface area contributed by atoms with Crippen LogP contribution in [0.3, 0.4) is 0 Å². The first-order valence-corrected chi connectivity index (χ1v) is 7.33. The topological polar surface area (TPSA) is 0 Å². The maximum atomic E-state index is 3.80. The fraction of sp³-hybridized carbons (Fsp3) is 0.375. The summed E-state index contributed by atoms with van der Waals surface area (Å²) in [7, 11) is 0. The van der Waals surface area contributed by atoms with Crippen molar-refractivity contribution in [2.75, 3.05) is 0 Å². The van der Waals surface area contributed by atoms with Crippen LogP contribution in [0.15, 0.2) is 42.5 Å². The summed E-state index contributed by atoms with van der Waals surface area (Å²) >= 11 is 3.80. The largest absolute Gasteiger partial charge is 0.0887 e. The highest BCUT2D eigenvalue weighted by Gasteiger charge is 2.07. The summed E-state index contributed by atoms with van der Waals surface area (Å²) < 4.78 is 0. The number of benzene rings is 2. The lowest BCUT2D eigenvalue weighted by Gasteiger charge is -2.11. The Morgan fingerprint density at radius 3 is 2.65 bits per heavy atom.